The highest BCUT2D eigenvalue weighted by Gasteiger charge is 2.21. The molecule has 0 bridgehead atoms. The van der Waals surface area contributed by atoms with E-state index in [9.17, 15) is 9.59 Å². The molecule has 3 N–H and O–H groups in total. The molecule has 9 heteroatoms. The Morgan fingerprint density at radius 1 is 1.00 bits per heavy atom. The predicted molar refractivity (Wildman–Crippen MR) is 149 cm³/mol. The summed E-state index contributed by atoms with van der Waals surface area (Å²) in [7, 11) is 0. The van der Waals surface area contributed by atoms with Gasteiger partial charge < -0.3 is 20.5 Å². The lowest BCUT2D eigenvalue weighted by Gasteiger charge is -2.16. The molecule has 0 unspecified atom stereocenters. The third-order valence-electron chi connectivity index (χ3n) is 7.41. The van der Waals surface area contributed by atoms with Gasteiger partial charge in [0.25, 0.3) is 5.91 Å². The molecular formula is C29H30N6O2S. The van der Waals surface area contributed by atoms with Gasteiger partial charge in [0.1, 0.15) is 11.5 Å². The van der Waals surface area contributed by atoms with Gasteiger partial charge >= 0.3 is 0 Å². The summed E-state index contributed by atoms with van der Waals surface area (Å²) >= 11 is 1.51. The second kappa shape index (κ2) is 10.2. The number of aromatic nitrogens is 3. The highest BCUT2D eigenvalue weighted by molar-refractivity contribution is 7.13. The van der Waals surface area contributed by atoms with E-state index in [0.29, 0.717) is 23.7 Å². The van der Waals surface area contributed by atoms with Gasteiger partial charge in [-0.05, 0) is 47.7 Å². The van der Waals surface area contributed by atoms with Gasteiger partial charge in [0.2, 0.25) is 0 Å². The summed E-state index contributed by atoms with van der Waals surface area (Å²) in [5.41, 5.74) is 7.33. The van der Waals surface area contributed by atoms with Crippen molar-refractivity contribution in [3.8, 4) is 11.1 Å². The summed E-state index contributed by atoms with van der Waals surface area (Å²) in [6.07, 6.45) is 3.01. The van der Waals surface area contributed by atoms with Crippen LogP contribution in [0.15, 0.2) is 42.6 Å². The van der Waals surface area contributed by atoms with Crippen molar-refractivity contribution in [1.29, 1.82) is 0 Å². The second-order valence-electron chi connectivity index (χ2n) is 9.85. The highest BCUT2D eigenvalue weighted by atomic mass is 32.1. The smallest absolute Gasteiger partial charge is 0.275 e. The fraction of sp³-hybridized carbons (Fsp3) is 0.310. The zero-order valence-electron chi connectivity index (χ0n) is 21.6. The van der Waals surface area contributed by atoms with Crippen LogP contribution in [0.4, 0.5) is 5.69 Å². The predicted octanol–water partition coefficient (Wildman–Crippen LogP) is 4.05. The fourth-order valence-corrected chi connectivity index (χ4v) is 6.22. The number of carbonyl (C=O) groups is 2. The lowest BCUT2D eigenvalue weighted by molar-refractivity contribution is 0.0990. The number of hydrogen-bond acceptors (Lipinski definition) is 7. The van der Waals surface area contributed by atoms with Gasteiger partial charge in [-0.3, -0.25) is 9.59 Å². The fourth-order valence-electron chi connectivity index (χ4n) is 5.21. The Kier molecular flexibility index (Phi) is 6.65. The molecule has 2 aliphatic rings. The van der Waals surface area contributed by atoms with Gasteiger partial charge in [-0.15, -0.1) is 11.3 Å². The van der Waals surface area contributed by atoms with Gasteiger partial charge in [0, 0.05) is 55.8 Å². The van der Waals surface area contributed by atoms with Crippen LogP contribution in [0.25, 0.3) is 11.1 Å². The van der Waals surface area contributed by atoms with Crippen LogP contribution in [0.1, 0.15) is 53.4 Å². The summed E-state index contributed by atoms with van der Waals surface area (Å²) < 4.78 is 2.03. The number of amides is 1. The molecule has 2 aromatic carbocycles. The average Bonchev–Trinajstić information content (AvgIpc) is 3.56. The SMILES string of the molecule is Cc1c(CC(=O)c2nc3c(s2)CNCC3)cccc1-c1cccc(NC(=O)c2cn3c(n2)CNCC3)c1C. The van der Waals surface area contributed by atoms with Crippen molar-refractivity contribution in [2.75, 3.05) is 18.4 Å². The van der Waals surface area contributed by atoms with Crippen LogP contribution in [0.3, 0.4) is 0 Å². The van der Waals surface area contributed by atoms with Crippen molar-refractivity contribution < 1.29 is 9.59 Å². The number of rotatable bonds is 6. The first-order valence-corrected chi connectivity index (χ1v) is 13.8. The number of Topliss-reactive ketones (excluding diaryl/α,β-unsaturated/α-hetero) is 1. The molecule has 38 heavy (non-hydrogen) atoms. The van der Waals surface area contributed by atoms with Crippen molar-refractivity contribution in [1.82, 2.24) is 25.2 Å². The molecule has 0 radical (unpaired) electrons. The molecular weight excluding hydrogens is 496 g/mol. The van der Waals surface area contributed by atoms with E-state index in [4.69, 9.17) is 0 Å². The number of hydrogen-bond donors (Lipinski definition) is 3. The summed E-state index contributed by atoms with van der Waals surface area (Å²) in [6.45, 7) is 8.13. The van der Waals surface area contributed by atoms with Gasteiger partial charge in [-0.25, -0.2) is 9.97 Å². The molecule has 0 saturated heterocycles. The van der Waals surface area contributed by atoms with Crippen LogP contribution in [0, 0.1) is 13.8 Å². The van der Waals surface area contributed by atoms with E-state index in [1.165, 1.54) is 16.2 Å². The first-order chi connectivity index (χ1) is 18.5. The average molecular weight is 527 g/mol. The highest BCUT2D eigenvalue weighted by Crippen LogP contribution is 2.33. The molecule has 8 nitrogen and oxygen atoms in total. The molecule has 194 valence electrons. The lowest BCUT2D eigenvalue weighted by Crippen LogP contribution is -2.27. The molecule has 2 aliphatic heterocycles. The topological polar surface area (TPSA) is 101 Å². The number of carbonyl (C=O) groups excluding carboxylic acids is 2. The van der Waals surface area contributed by atoms with Gasteiger partial charge in [0.05, 0.1) is 12.2 Å². The summed E-state index contributed by atoms with van der Waals surface area (Å²) in [5, 5.41) is 10.3. The number of thiazole rings is 1. The van der Waals surface area contributed by atoms with Gasteiger partial charge in [0.15, 0.2) is 10.8 Å². The van der Waals surface area contributed by atoms with E-state index in [0.717, 1.165) is 77.6 Å². The number of nitrogens with one attached hydrogen (secondary N) is 3. The van der Waals surface area contributed by atoms with E-state index >= 15 is 0 Å². The van der Waals surface area contributed by atoms with E-state index in [1.807, 2.05) is 42.0 Å². The lowest BCUT2D eigenvalue weighted by atomic mass is 9.91. The van der Waals surface area contributed by atoms with Crippen molar-refractivity contribution in [3.05, 3.63) is 86.4 Å². The third-order valence-corrected chi connectivity index (χ3v) is 8.55. The Bertz CT molecular complexity index is 1390. The molecule has 0 aliphatic carbocycles. The summed E-state index contributed by atoms with van der Waals surface area (Å²) in [5.74, 6) is 0.716. The number of fused-ring (bicyclic) bond motifs is 2. The van der Waals surface area contributed by atoms with Crippen molar-refractivity contribution >= 4 is 28.7 Å². The van der Waals surface area contributed by atoms with E-state index in [-0.39, 0.29) is 11.7 Å². The maximum Gasteiger partial charge on any atom is 0.275 e. The first-order valence-electron chi connectivity index (χ1n) is 13.0. The van der Waals surface area contributed by atoms with Crippen LogP contribution < -0.4 is 16.0 Å². The Morgan fingerprint density at radius 2 is 1.79 bits per heavy atom. The zero-order valence-corrected chi connectivity index (χ0v) is 22.4. The van der Waals surface area contributed by atoms with Crippen molar-refractivity contribution in [2.45, 2.75) is 46.3 Å². The quantitative estimate of drug-likeness (QED) is 0.328. The molecule has 0 saturated carbocycles. The van der Waals surface area contributed by atoms with Crippen LogP contribution in [-0.4, -0.2) is 39.3 Å². The Labute approximate surface area is 225 Å². The standard InChI is InChI=1S/C29H30N6O2S/c1-17-19(13-25(36)29-34-23-9-10-30-14-26(23)38-29)5-3-6-20(17)21-7-4-8-22(18(21)2)33-28(37)24-16-35-12-11-31-15-27(35)32-24/h3-8,16,30-31H,9-15H2,1-2H3,(H,33,37). The molecule has 4 heterocycles. The van der Waals surface area contributed by atoms with E-state index in [2.05, 4.69) is 45.0 Å². The molecule has 4 aromatic rings. The molecule has 0 fully saturated rings. The Morgan fingerprint density at radius 3 is 2.61 bits per heavy atom. The molecule has 0 spiro atoms. The normalized spacial score (nSPS) is 14.6. The number of ketones is 1. The third kappa shape index (κ3) is 4.69. The van der Waals surface area contributed by atoms with E-state index in [1.54, 1.807) is 0 Å². The number of imidazole rings is 1. The molecule has 6 rings (SSSR count). The number of anilines is 1. The largest absolute Gasteiger partial charge is 0.332 e. The second-order valence-corrected chi connectivity index (χ2v) is 10.9. The Balaban J connectivity index is 1.23. The van der Waals surface area contributed by atoms with Crippen LogP contribution in [-0.2, 0) is 32.5 Å². The van der Waals surface area contributed by atoms with Crippen molar-refractivity contribution in [2.24, 2.45) is 0 Å². The van der Waals surface area contributed by atoms with Crippen LogP contribution >= 0.6 is 11.3 Å². The molecule has 1 amide bonds. The molecule has 2 aromatic heterocycles. The summed E-state index contributed by atoms with van der Waals surface area (Å²) in [6, 6.07) is 12.0. The minimum atomic E-state index is -0.218. The zero-order chi connectivity index (χ0) is 26.2. The van der Waals surface area contributed by atoms with E-state index < -0.39 is 0 Å². The van der Waals surface area contributed by atoms with Crippen molar-refractivity contribution in [3.63, 3.8) is 0 Å². The maximum atomic E-state index is 13.2. The monoisotopic (exact) mass is 526 g/mol. The van der Waals surface area contributed by atoms with Gasteiger partial charge in [-0.1, -0.05) is 30.3 Å². The molecule has 0 atom stereocenters. The Hall–Kier alpha value is -3.66. The number of nitrogens with zero attached hydrogens (tertiary/aromatic N) is 3. The van der Waals surface area contributed by atoms with Crippen LogP contribution in [0.2, 0.25) is 0 Å². The minimum absolute atomic E-state index is 0.0559. The maximum absolute atomic E-state index is 13.2. The van der Waals surface area contributed by atoms with Crippen LogP contribution in [0.5, 0.6) is 0 Å². The number of benzene rings is 2. The first kappa shape index (κ1) is 24.7. The van der Waals surface area contributed by atoms with Gasteiger partial charge in [-0.2, -0.15) is 0 Å². The summed E-state index contributed by atoms with van der Waals surface area (Å²) in [4.78, 5) is 36.5. The minimum Gasteiger partial charge on any atom is -0.332 e.